The Morgan fingerprint density at radius 3 is 3.00 bits per heavy atom. The molecule has 6 atom stereocenters. The Morgan fingerprint density at radius 1 is 1.52 bits per heavy atom. The highest BCUT2D eigenvalue weighted by atomic mass is 35.5. The van der Waals surface area contributed by atoms with Crippen molar-refractivity contribution in [2.24, 2.45) is 11.3 Å². The number of aromatic nitrogens is 4. The molecular formula is C16H20ClN5O5PS+. The van der Waals surface area contributed by atoms with Crippen LogP contribution < -0.4 is 5.73 Å². The van der Waals surface area contributed by atoms with Gasteiger partial charge in [-0.05, 0) is 28.5 Å². The number of rotatable bonds is 7. The number of nitrogen functional groups attached to an aromatic ring is 1. The Hall–Kier alpha value is -1.36. The molecule has 29 heavy (non-hydrogen) atoms. The molecule has 2 heterocycles. The number of nitrogens with two attached hydrogens (primary N) is 1. The lowest BCUT2D eigenvalue weighted by atomic mass is 10.0. The lowest BCUT2D eigenvalue weighted by Crippen LogP contribution is -2.35. The number of aliphatic hydroxyl groups is 2. The lowest BCUT2D eigenvalue weighted by molar-refractivity contribution is -0.109. The van der Waals surface area contributed by atoms with Gasteiger partial charge in [0.1, 0.15) is 18.2 Å². The van der Waals surface area contributed by atoms with Crippen molar-refractivity contribution in [1.82, 2.24) is 19.5 Å². The smallest absolute Gasteiger partial charge is 0.390 e. The SMILES string of the molecule is CC(=O)SCCO[P+](=O)C[C@]12C[C@@H]1[C@@H](n1cnc3c(N)nc(Cl)nc31)[C@H](O)[C@@H]2O. The normalized spacial score (nSPS) is 31.1. The molecule has 2 aliphatic rings. The van der Waals surface area contributed by atoms with Crippen molar-refractivity contribution in [1.29, 1.82) is 0 Å². The number of carbonyl (C=O) groups is 1. The number of hydrogen-bond acceptors (Lipinski definition) is 10. The number of anilines is 1. The Kier molecular flexibility index (Phi) is 5.56. The van der Waals surface area contributed by atoms with Gasteiger partial charge in [0.05, 0.1) is 23.9 Å². The summed E-state index contributed by atoms with van der Waals surface area (Å²) in [5.74, 6) is 0.437. The van der Waals surface area contributed by atoms with E-state index in [9.17, 15) is 19.6 Å². The van der Waals surface area contributed by atoms with Gasteiger partial charge in [-0.15, -0.1) is 4.52 Å². The summed E-state index contributed by atoms with van der Waals surface area (Å²) >= 11 is 7.02. The minimum absolute atomic E-state index is 0.0287. The number of hydrogen-bond donors (Lipinski definition) is 3. The van der Waals surface area contributed by atoms with Crippen LogP contribution in [0.15, 0.2) is 6.33 Å². The largest absolute Gasteiger partial charge is 0.508 e. The molecule has 0 amide bonds. The van der Waals surface area contributed by atoms with Crippen LogP contribution in [-0.4, -0.2) is 65.6 Å². The van der Waals surface area contributed by atoms with Crippen LogP contribution in [0.1, 0.15) is 19.4 Å². The van der Waals surface area contributed by atoms with E-state index >= 15 is 0 Å². The molecule has 2 saturated carbocycles. The van der Waals surface area contributed by atoms with Crippen molar-refractivity contribution in [3.63, 3.8) is 0 Å². The van der Waals surface area contributed by atoms with Crippen molar-refractivity contribution < 1.29 is 24.1 Å². The second kappa shape index (κ2) is 7.72. The minimum atomic E-state index is -2.03. The molecule has 0 bridgehead atoms. The van der Waals surface area contributed by atoms with Gasteiger partial charge in [0.25, 0.3) is 0 Å². The molecular weight excluding hydrogens is 441 g/mol. The summed E-state index contributed by atoms with van der Waals surface area (Å²) < 4.78 is 19.4. The van der Waals surface area contributed by atoms with E-state index in [0.717, 1.165) is 11.8 Å². The van der Waals surface area contributed by atoms with Crippen LogP contribution in [0.2, 0.25) is 5.28 Å². The molecule has 4 rings (SSSR count). The summed E-state index contributed by atoms with van der Waals surface area (Å²) in [6.07, 6.45) is 0.0841. The quantitative estimate of drug-likeness (QED) is 0.313. The van der Waals surface area contributed by atoms with Crippen LogP contribution >= 0.6 is 31.4 Å². The lowest BCUT2D eigenvalue weighted by Gasteiger charge is -2.23. The first-order chi connectivity index (χ1) is 13.7. The van der Waals surface area contributed by atoms with Crippen LogP contribution in [0, 0.1) is 11.3 Å². The average molecular weight is 461 g/mol. The predicted octanol–water partition coefficient (Wildman–Crippen LogP) is 1.38. The van der Waals surface area contributed by atoms with Crippen molar-refractivity contribution in [2.75, 3.05) is 24.3 Å². The topological polar surface area (TPSA) is 153 Å². The van der Waals surface area contributed by atoms with Crippen molar-refractivity contribution in [2.45, 2.75) is 31.6 Å². The highest BCUT2D eigenvalue weighted by molar-refractivity contribution is 8.13. The molecule has 2 aliphatic carbocycles. The maximum absolute atomic E-state index is 12.4. The van der Waals surface area contributed by atoms with Gasteiger partial charge in [0.15, 0.2) is 22.7 Å². The number of fused-ring (bicyclic) bond motifs is 2. The zero-order valence-corrected chi connectivity index (χ0v) is 17.9. The molecule has 156 valence electrons. The maximum atomic E-state index is 12.4. The average Bonchev–Trinajstić information content (AvgIpc) is 3.12. The summed E-state index contributed by atoms with van der Waals surface area (Å²) in [5, 5.41) is 21.3. The van der Waals surface area contributed by atoms with Crippen molar-refractivity contribution in [3.8, 4) is 0 Å². The summed E-state index contributed by atoms with van der Waals surface area (Å²) in [6, 6.07) is -0.503. The molecule has 0 saturated heterocycles. The second-order valence-electron chi connectivity index (χ2n) is 7.34. The highest BCUT2D eigenvalue weighted by Crippen LogP contribution is 2.70. The van der Waals surface area contributed by atoms with E-state index in [1.807, 2.05) is 0 Å². The molecule has 0 spiro atoms. The van der Waals surface area contributed by atoms with E-state index in [-0.39, 0.29) is 34.9 Å². The standard InChI is InChI=1S/C16H20ClN5O5PS/c1-7(23)29-3-2-27-28(26)5-16-4-8(16)10(11(24)12(16)25)22-6-19-9-13(18)20-15(17)21-14(9)22/h6,8,10-12,24-25H,2-5H2,1H3,(H2,18,20,21)/q+1/t8-,10-,11+,12+,16-/m1/s1. The first-order valence-electron chi connectivity index (χ1n) is 8.97. The van der Waals surface area contributed by atoms with Gasteiger partial charge in [-0.3, -0.25) is 4.79 Å². The second-order valence-corrected chi connectivity index (χ2v) is 10.2. The molecule has 0 aromatic carbocycles. The molecule has 4 N–H and O–H groups in total. The number of aliphatic hydroxyl groups excluding tert-OH is 2. The van der Waals surface area contributed by atoms with E-state index < -0.39 is 31.7 Å². The minimum Gasteiger partial charge on any atom is -0.390 e. The van der Waals surface area contributed by atoms with Crippen LogP contribution in [0.4, 0.5) is 5.82 Å². The van der Waals surface area contributed by atoms with Gasteiger partial charge in [-0.1, -0.05) is 11.8 Å². The molecule has 2 fully saturated rings. The summed E-state index contributed by atoms with van der Waals surface area (Å²) in [6.45, 7) is 1.64. The molecule has 13 heteroatoms. The number of imidazole rings is 1. The van der Waals surface area contributed by atoms with E-state index in [1.165, 1.54) is 13.3 Å². The zero-order chi connectivity index (χ0) is 20.9. The van der Waals surface area contributed by atoms with Gasteiger partial charge in [0.2, 0.25) is 5.28 Å². The fourth-order valence-corrected chi connectivity index (χ4v) is 6.46. The molecule has 1 unspecified atom stereocenters. The third-order valence-electron chi connectivity index (χ3n) is 5.64. The Balaban J connectivity index is 1.50. The van der Waals surface area contributed by atoms with Gasteiger partial charge in [0, 0.05) is 12.7 Å². The zero-order valence-electron chi connectivity index (χ0n) is 15.4. The molecule has 2 aromatic heterocycles. The van der Waals surface area contributed by atoms with Gasteiger partial charge in [-0.25, -0.2) is 4.98 Å². The summed E-state index contributed by atoms with van der Waals surface area (Å²) in [4.78, 5) is 23.2. The van der Waals surface area contributed by atoms with Crippen LogP contribution in [-0.2, 0) is 13.9 Å². The van der Waals surface area contributed by atoms with E-state index in [1.54, 1.807) is 4.57 Å². The monoisotopic (exact) mass is 460 g/mol. The molecule has 10 nitrogen and oxygen atoms in total. The number of carbonyl (C=O) groups excluding carboxylic acids is 1. The Morgan fingerprint density at radius 2 is 2.28 bits per heavy atom. The van der Waals surface area contributed by atoms with Crippen LogP contribution in [0.3, 0.4) is 0 Å². The Labute approximate surface area is 176 Å². The molecule has 0 radical (unpaired) electrons. The van der Waals surface area contributed by atoms with Gasteiger partial charge >= 0.3 is 8.03 Å². The van der Waals surface area contributed by atoms with E-state index in [4.69, 9.17) is 21.9 Å². The van der Waals surface area contributed by atoms with Crippen molar-refractivity contribution >= 4 is 53.5 Å². The van der Waals surface area contributed by atoms with Gasteiger partial charge < -0.3 is 20.5 Å². The van der Waals surface area contributed by atoms with E-state index in [0.29, 0.717) is 23.3 Å². The summed E-state index contributed by atoms with van der Waals surface area (Å²) in [7, 11) is -2.03. The first-order valence-corrected chi connectivity index (χ1v) is 11.7. The summed E-state index contributed by atoms with van der Waals surface area (Å²) in [5.41, 5.74) is 5.90. The van der Waals surface area contributed by atoms with Crippen molar-refractivity contribution in [3.05, 3.63) is 11.6 Å². The molecule has 2 aromatic rings. The number of thioether (sulfide) groups is 1. The third-order valence-corrected chi connectivity index (χ3v) is 7.91. The number of halogens is 1. The Bertz CT molecular complexity index is 992. The fraction of sp³-hybridized carbons (Fsp3) is 0.625. The van der Waals surface area contributed by atoms with Gasteiger partial charge in [-0.2, -0.15) is 9.97 Å². The van der Waals surface area contributed by atoms with Crippen LogP contribution in [0.25, 0.3) is 11.2 Å². The third kappa shape index (κ3) is 3.64. The van der Waals surface area contributed by atoms with Crippen LogP contribution in [0.5, 0.6) is 0 Å². The van der Waals surface area contributed by atoms with E-state index in [2.05, 4.69) is 15.0 Å². The maximum Gasteiger partial charge on any atom is 0.508 e. The number of nitrogens with zero attached hydrogens (tertiary/aromatic N) is 4. The molecule has 0 aliphatic heterocycles. The first kappa shape index (κ1) is 20.9. The fourth-order valence-electron chi connectivity index (χ4n) is 4.29. The predicted molar refractivity (Wildman–Crippen MR) is 108 cm³/mol. The highest BCUT2D eigenvalue weighted by Gasteiger charge is 2.74.